The zero-order valence-electron chi connectivity index (χ0n) is 13.0. The van der Waals surface area contributed by atoms with E-state index >= 15 is 0 Å². The third-order valence-electron chi connectivity index (χ3n) is 2.91. The van der Waals surface area contributed by atoms with Crippen LogP contribution in [0.25, 0.3) is 0 Å². The smallest absolute Gasteiger partial charge is 0.276 e. The van der Waals surface area contributed by atoms with Gasteiger partial charge in [0.25, 0.3) is 5.91 Å². The van der Waals surface area contributed by atoms with Crippen LogP contribution in [0, 0.1) is 13.8 Å². The van der Waals surface area contributed by atoms with Crippen LogP contribution >= 0.6 is 0 Å². The number of amides is 2. The van der Waals surface area contributed by atoms with Gasteiger partial charge >= 0.3 is 0 Å². The molecule has 116 valence electrons. The Morgan fingerprint density at radius 2 is 1.62 bits per heavy atom. The number of rotatable bonds is 7. The van der Waals surface area contributed by atoms with Gasteiger partial charge in [0.15, 0.2) is 6.61 Å². The van der Waals surface area contributed by atoms with Crippen LogP contribution in [-0.4, -0.2) is 18.4 Å². The van der Waals surface area contributed by atoms with Gasteiger partial charge in [-0.1, -0.05) is 25.8 Å². The molecule has 0 aliphatic rings. The molecule has 5 nitrogen and oxygen atoms in total. The fourth-order valence-corrected chi connectivity index (χ4v) is 1.94. The lowest BCUT2D eigenvalue weighted by molar-refractivity contribution is -0.130. The number of nitrogens with one attached hydrogen (secondary N) is 2. The first-order valence-corrected chi connectivity index (χ1v) is 7.30. The van der Waals surface area contributed by atoms with Crippen LogP contribution in [0.5, 0.6) is 5.75 Å². The van der Waals surface area contributed by atoms with Crippen molar-refractivity contribution in [3.8, 4) is 5.75 Å². The summed E-state index contributed by atoms with van der Waals surface area (Å²) in [7, 11) is 0. The van der Waals surface area contributed by atoms with E-state index in [-0.39, 0.29) is 18.4 Å². The zero-order chi connectivity index (χ0) is 15.7. The topological polar surface area (TPSA) is 67.4 Å². The highest BCUT2D eigenvalue weighted by Crippen LogP contribution is 2.15. The largest absolute Gasteiger partial charge is 0.484 e. The van der Waals surface area contributed by atoms with E-state index in [1.54, 1.807) is 0 Å². The lowest BCUT2D eigenvalue weighted by Crippen LogP contribution is -2.43. The highest BCUT2D eigenvalue weighted by molar-refractivity contribution is 5.82. The number of unbranched alkanes of at least 4 members (excludes halogenated alkanes) is 2. The SMILES string of the molecule is CCCCCC(=O)NNC(=O)COc1cc(C)cc(C)c1. The minimum absolute atomic E-state index is 0.127. The Hall–Kier alpha value is -2.04. The number of hydrazine groups is 1. The molecule has 0 saturated carbocycles. The second-order valence-corrected chi connectivity index (χ2v) is 5.17. The van der Waals surface area contributed by atoms with E-state index in [1.807, 2.05) is 32.0 Å². The summed E-state index contributed by atoms with van der Waals surface area (Å²) in [5, 5.41) is 0. The van der Waals surface area contributed by atoms with Gasteiger partial charge in [-0.25, -0.2) is 0 Å². The molecule has 0 unspecified atom stereocenters. The van der Waals surface area contributed by atoms with Gasteiger partial charge in [0.1, 0.15) is 5.75 Å². The van der Waals surface area contributed by atoms with E-state index in [0.29, 0.717) is 12.2 Å². The predicted octanol–water partition coefficient (Wildman–Crippen LogP) is 2.41. The van der Waals surface area contributed by atoms with Crippen LogP contribution in [0.2, 0.25) is 0 Å². The van der Waals surface area contributed by atoms with Crippen molar-refractivity contribution in [2.75, 3.05) is 6.61 Å². The first kappa shape index (κ1) is 17.0. The molecule has 0 spiro atoms. The molecule has 0 aromatic heterocycles. The maximum absolute atomic E-state index is 11.6. The van der Waals surface area contributed by atoms with Crippen molar-refractivity contribution in [2.24, 2.45) is 0 Å². The van der Waals surface area contributed by atoms with Crippen molar-refractivity contribution in [3.05, 3.63) is 29.3 Å². The third kappa shape index (κ3) is 7.34. The average molecular weight is 292 g/mol. The molecular weight excluding hydrogens is 268 g/mol. The van der Waals surface area contributed by atoms with Gasteiger partial charge in [0, 0.05) is 6.42 Å². The maximum Gasteiger partial charge on any atom is 0.276 e. The number of ether oxygens (including phenoxy) is 1. The Labute approximate surface area is 126 Å². The Morgan fingerprint density at radius 1 is 1.00 bits per heavy atom. The van der Waals surface area contributed by atoms with Crippen molar-refractivity contribution in [1.82, 2.24) is 10.9 Å². The van der Waals surface area contributed by atoms with Crippen LogP contribution in [0.4, 0.5) is 0 Å². The van der Waals surface area contributed by atoms with Crippen LogP contribution in [-0.2, 0) is 9.59 Å². The second kappa shape index (κ2) is 9.00. The van der Waals surface area contributed by atoms with Gasteiger partial charge in [0.05, 0.1) is 0 Å². The Morgan fingerprint density at radius 3 is 2.24 bits per heavy atom. The van der Waals surface area contributed by atoms with Crippen molar-refractivity contribution in [3.63, 3.8) is 0 Å². The number of hydrogen-bond acceptors (Lipinski definition) is 3. The molecule has 0 aliphatic heterocycles. The Kier molecular flexibility index (Phi) is 7.29. The maximum atomic E-state index is 11.6. The second-order valence-electron chi connectivity index (χ2n) is 5.17. The molecule has 2 N–H and O–H groups in total. The molecule has 0 bridgehead atoms. The van der Waals surface area contributed by atoms with Crippen molar-refractivity contribution < 1.29 is 14.3 Å². The monoisotopic (exact) mass is 292 g/mol. The highest BCUT2D eigenvalue weighted by atomic mass is 16.5. The van der Waals surface area contributed by atoms with Gasteiger partial charge in [-0.3, -0.25) is 20.4 Å². The molecule has 0 aliphatic carbocycles. The summed E-state index contributed by atoms with van der Waals surface area (Å²) in [6, 6.07) is 5.76. The third-order valence-corrected chi connectivity index (χ3v) is 2.91. The molecule has 0 fully saturated rings. The average Bonchev–Trinajstić information content (AvgIpc) is 2.42. The number of hydrogen-bond donors (Lipinski definition) is 2. The van der Waals surface area contributed by atoms with Gasteiger partial charge < -0.3 is 4.74 Å². The van der Waals surface area contributed by atoms with E-state index in [2.05, 4.69) is 17.8 Å². The fraction of sp³-hybridized carbons (Fsp3) is 0.500. The van der Waals surface area contributed by atoms with Crippen LogP contribution in [0.3, 0.4) is 0 Å². The van der Waals surface area contributed by atoms with E-state index in [9.17, 15) is 9.59 Å². The van der Waals surface area contributed by atoms with Gasteiger partial charge in [0.2, 0.25) is 5.91 Å². The fourth-order valence-electron chi connectivity index (χ4n) is 1.94. The van der Waals surface area contributed by atoms with Crippen LogP contribution < -0.4 is 15.6 Å². The zero-order valence-corrected chi connectivity index (χ0v) is 13.0. The quantitative estimate of drug-likeness (QED) is 0.599. The number of carbonyl (C=O) groups is 2. The Balaban J connectivity index is 2.26. The lowest BCUT2D eigenvalue weighted by Gasteiger charge is -2.09. The predicted molar refractivity (Wildman–Crippen MR) is 81.8 cm³/mol. The van der Waals surface area contributed by atoms with Crippen LogP contribution in [0.15, 0.2) is 18.2 Å². The summed E-state index contributed by atoms with van der Waals surface area (Å²) in [6.07, 6.45) is 3.32. The van der Waals surface area contributed by atoms with Crippen molar-refractivity contribution in [1.29, 1.82) is 0 Å². The normalized spacial score (nSPS) is 10.0. The molecule has 0 heterocycles. The molecule has 5 heteroatoms. The minimum Gasteiger partial charge on any atom is -0.484 e. The summed E-state index contributed by atoms with van der Waals surface area (Å²) >= 11 is 0. The molecule has 1 rings (SSSR count). The van der Waals surface area contributed by atoms with Gasteiger partial charge in [-0.2, -0.15) is 0 Å². The molecule has 1 aromatic carbocycles. The number of benzene rings is 1. The summed E-state index contributed by atoms with van der Waals surface area (Å²) < 4.78 is 5.40. The molecule has 1 aromatic rings. The molecular formula is C16H24N2O3. The lowest BCUT2D eigenvalue weighted by atomic mass is 10.1. The highest BCUT2D eigenvalue weighted by Gasteiger charge is 2.06. The molecule has 0 radical (unpaired) electrons. The minimum atomic E-state index is -0.377. The number of carbonyl (C=O) groups excluding carboxylic acids is 2. The molecule has 2 amide bonds. The van der Waals surface area contributed by atoms with E-state index in [0.717, 1.165) is 30.4 Å². The molecule has 0 saturated heterocycles. The molecule has 21 heavy (non-hydrogen) atoms. The van der Waals surface area contributed by atoms with E-state index in [4.69, 9.17) is 4.74 Å². The van der Waals surface area contributed by atoms with Crippen molar-refractivity contribution >= 4 is 11.8 Å². The standard InChI is InChI=1S/C16H24N2O3/c1-4-5-6-7-15(19)17-18-16(20)11-21-14-9-12(2)8-13(3)10-14/h8-10H,4-7,11H2,1-3H3,(H,17,19)(H,18,20). The van der Waals surface area contributed by atoms with E-state index < -0.39 is 0 Å². The summed E-state index contributed by atoms with van der Waals surface area (Å²) in [6.45, 7) is 5.88. The van der Waals surface area contributed by atoms with Gasteiger partial charge in [-0.15, -0.1) is 0 Å². The Bertz CT molecular complexity index is 466. The summed E-state index contributed by atoms with van der Waals surface area (Å²) in [5.41, 5.74) is 6.88. The first-order valence-electron chi connectivity index (χ1n) is 7.30. The molecule has 0 atom stereocenters. The van der Waals surface area contributed by atoms with Gasteiger partial charge in [-0.05, 0) is 43.5 Å². The van der Waals surface area contributed by atoms with Crippen LogP contribution in [0.1, 0.15) is 43.7 Å². The number of aryl methyl sites for hydroxylation is 2. The van der Waals surface area contributed by atoms with E-state index in [1.165, 1.54) is 0 Å². The summed E-state index contributed by atoms with van der Waals surface area (Å²) in [5.74, 6) is 0.0955. The first-order chi connectivity index (χ1) is 10.0. The van der Waals surface area contributed by atoms with Crippen molar-refractivity contribution in [2.45, 2.75) is 46.5 Å². The summed E-state index contributed by atoms with van der Waals surface area (Å²) in [4.78, 5) is 23.0.